The summed E-state index contributed by atoms with van der Waals surface area (Å²) in [5.41, 5.74) is 3.16. The zero-order valence-corrected chi connectivity index (χ0v) is 18.6. The number of carbonyl (C=O) groups excluding carboxylic acids is 1. The molecule has 0 aliphatic carbocycles. The molecule has 4 heteroatoms. The first-order valence-electron chi connectivity index (χ1n) is 11.3. The van der Waals surface area contributed by atoms with Crippen LogP contribution in [-0.2, 0) is 11.2 Å². The van der Waals surface area contributed by atoms with Crippen LogP contribution in [0.5, 0.6) is 5.75 Å². The molecule has 0 aliphatic heterocycles. The number of esters is 1. The lowest BCUT2D eigenvalue weighted by atomic mass is 9.93. The Kier molecular flexibility index (Phi) is 10.1. The zero-order chi connectivity index (χ0) is 21.8. The van der Waals surface area contributed by atoms with Gasteiger partial charge in [0.15, 0.2) is 0 Å². The summed E-state index contributed by atoms with van der Waals surface area (Å²) in [5, 5.41) is 9.12. The first-order chi connectivity index (χ1) is 14.6. The summed E-state index contributed by atoms with van der Waals surface area (Å²) in [4.78, 5) is 16.8. The monoisotopic (exact) mass is 406 g/mol. The lowest BCUT2D eigenvalue weighted by Gasteiger charge is -2.14. The average Bonchev–Trinajstić information content (AvgIpc) is 2.78. The minimum Gasteiger partial charge on any atom is -0.426 e. The number of aromatic nitrogens is 1. The summed E-state index contributed by atoms with van der Waals surface area (Å²) in [6, 6.07) is 13.7. The van der Waals surface area contributed by atoms with E-state index >= 15 is 0 Å². The normalized spacial score (nSPS) is 12.7. The van der Waals surface area contributed by atoms with E-state index in [9.17, 15) is 4.79 Å². The Morgan fingerprint density at radius 1 is 1.03 bits per heavy atom. The number of hydrogen-bond acceptors (Lipinski definition) is 4. The molecule has 0 amide bonds. The smallest absolute Gasteiger partial charge is 0.315 e. The molecular weight excluding hydrogens is 372 g/mol. The summed E-state index contributed by atoms with van der Waals surface area (Å²) < 4.78 is 5.44. The molecule has 160 valence electrons. The third-order valence-corrected chi connectivity index (χ3v) is 5.59. The molecule has 0 saturated carbocycles. The van der Waals surface area contributed by atoms with Gasteiger partial charge in [0, 0.05) is 11.8 Å². The Hall–Kier alpha value is -2.67. The number of rotatable bonds is 12. The van der Waals surface area contributed by atoms with Crippen LogP contribution in [0.4, 0.5) is 0 Å². The van der Waals surface area contributed by atoms with Gasteiger partial charge in [-0.2, -0.15) is 5.26 Å². The number of nitrogens with zero attached hydrogens (tertiary/aromatic N) is 2. The molecule has 4 nitrogen and oxygen atoms in total. The number of carbonyl (C=O) groups is 1. The Morgan fingerprint density at radius 2 is 1.73 bits per heavy atom. The first-order valence-corrected chi connectivity index (χ1v) is 11.3. The van der Waals surface area contributed by atoms with Crippen LogP contribution in [0.1, 0.15) is 71.3 Å². The van der Waals surface area contributed by atoms with E-state index in [-0.39, 0.29) is 11.9 Å². The van der Waals surface area contributed by atoms with Gasteiger partial charge in [-0.25, -0.2) is 0 Å². The van der Waals surface area contributed by atoms with Gasteiger partial charge in [-0.3, -0.25) is 9.78 Å². The van der Waals surface area contributed by atoms with Gasteiger partial charge < -0.3 is 4.74 Å². The predicted octanol–water partition coefficient (Wildman–Crippen LogP) is 6.74. The maximum absolute atomic E-state index is 12.2. The van der Waals surface area contributed by atoms with E-state index < -0.39 is 5.92 Å². The van der Waals surface area contributed by atoms with E-state index in [1.807, 2.05) is 31.3 Å². The molecule has 0 N–H and O–H groups in total. The summed E-state index contributed by atoms with van der Waals surface area (Å²) >= 11 is 0. The van der Waals surface area contributed by atoms with Gasteiger partial charge in [0.05, 0.1) is 23.6 Å². The fourth-order valence-corrected chi connectivity index (χ4v) is 3.48. The molecule has 2 aromatic rings. The van der Waals surface area contributed by atoms with E-state index in [4.69, 9.17) is 10.00 Å². The lowest BCUT2D eigenvalue weighted by molar-refractivity contribution is -0.139. The van der Waals surface area contributed by atoms with Crippen molar-refractivity contribution in [2.24, 2.45) is 11.8 Å². The van der Waals surface area contributed by atoms with Crippen molar-refractivity contribution in [1.82, 2.24) is 4.98 Å². The van der Waals surface area contributed by atoms with Crippen molar-refractivity contribution < 1.29 is 9.53 Å². The van der Waals surface area contributed by atoms with E-state index in [0.29, 0.717) is 12.2 Å². The molecule has 1 heterocycles. The number of pyridine rings is 1. The number of nitriles is 1. The fraction of sp³-hybridized carbons (Fsp3) is 0.500. The van der Waals surface area contributed by atoms with Gasteiger partial charge in [0.25, 0.3) is 0 Å². The van der Waals surface area contributed by atoms with Gasteiger partial charge in [0.2, 0.25) is 0 Å². The highest BCUT2D eigenvalue weighted by Crippen LogP contribution is 2.23. The van der Waals surface area contributed by atoms with Crippen molar-refractivity contribution in [2.45, 2.75) is 72.1 Å². The molecule has 0 unspecified atom stereocenters. The molecule has 1 aromatic carbocycles. The van der Waals surface area contributed by atoms with Gasteiger partial charge in [-0.05, 0) is 55.2 Å². The third-order valence-electron chi connectivity index (χ3n) is 5.59. The van der Waals surface area contributed by atoms with Gasteiger partial charge in [0.1, 0.15) is 5.75 Å². The molecule has 2 atom stereocenters. The van der Waals surface area contributed by atoms with Crippen LogP contribution in [0, 0.1) is 23.2 Å². The van der Waals surface area contributed by atoms with Crippen molar-refractivity contribution in [3.8, 4) is 23.1 Å². The third kappa shape index (κ3) is 7.30. The van der Waals surface area contributed by atoms with Gasteiger partial charge >= 0.3 is 5.97 Å². The summed E-state index contributed by atoms with van der Waals surface area (Å²) in [7, 11) is 0. The van der Waals surface area contributed by atoms with E-state index in [0.717, 1.165) is 17.7 Å². The molecule has 0 saturated heterocycles. The van der Waals surface area contributed by atoms with Crippen molar-refractivity contribution >= 4 is 5.97 Å². The minimum absolute atomic E-state index is 0.323. The van der Waals surface area contributed by atoms with Crippen molar-refractivity contribution in [3.63, 3.8) is 0 Å². The van der Waals surface area contributed by atoms with Crippen LogP contribution >= 0.6 is 0 Å². The highest BCUT2D eigenvalue weighted by atomic mass is 16.5. The number of aryl methyl sites for hydroxylation is 1. The van der Waals surface area contributed by atoms with E-state index in [1.165, 1.54) is 44.1 Å². The molecule has 0 aliphatic rings. The molecule has 30 heavy (non-hydrogen) atoms. The van der Waals surface area contributed by atoms with Crippen LogP contribution in [-0.4, -0.2) is 11.0 Å². The number of unbranched alkanes of at least 4 members (excludes halogenated alkanes) is 5. The molecule has 0 bridgehead atoms. The highest BCUT2D eigenvalue weighted by molar-refractivity contribution is 5.75. The van der Waals surface area contributed by atoms with E-state index in [2.05, 4.69) is 24.0 Å². The standard InChI is InChI=1S/C26H34N2O2/c1-4-6-7-8-9-10-11-21-12-17-25(28-19-21)23-13-15-24(16-14-23)30-26(29)20(3)22(5-2)18-27/h12-17,19-20,22H,4-11H2,1-3H3/t20-,22-/m0/s1. The summed E-state index contributed by atoms with van der Waals surface area (Å²) in [6.07, 6.45) is 11.5. The van der Waals surface area contributed by atoms with E-state index in [1.54, 1.807) is 19.1 Å². The van der Waals surface area contributed by atoms with Crippen LogP contribution in [0.25, 0.3) is 11.3 Å². The molecule has 0 spiro atoms. The van der Waals surface area contributed by atoms with Crippen molar-refractivity contribution in [1.29, 1.82) is 5.26 Å². The van der Waals surface area contributed by atoms with Gasteiger partial charge in [-0.1, -0.05) is 58.9 Å². The molecule has 0 fully saturated rings. The Labute approximate surface area is 181 Å². The Balaban J connectivity index is 1.87. The Morgan fingerprint density at radius 3 is 2.33 bits per heavy atom. The molecule has 1 aromatic heterocycles. The van der Waals surface area contributed by atoms with Crippen LogP contribution in [0.15, 0.2) is 42.6 Å². The maximum Gasteiger partial charge on any atom is 0.315 e. The number of hydrogen-bond donors (Lipinski definition) is 0. The van der Waals surface area contributed by atoms with Crippen LogP contribution in [0.3, 0.4) is 0 Å². The SMILES string of the molecule is CCCCCCCCc1ccc(-c2ccc(OC(=O)[C@@H](C)[C@H](C#N)CC)cc2)nc1. The number of ether oxygens (including phenoxy) is 1. The van der Waals surface area contributed by atoms with Crippen LogP contribution < -0.4 is 4.74 Å². The second-order valence-electron chi connectivity index (χ2n) is 7.95. The molecule has 2 rings (SSSR count). The first kappa shape index (κ1) is 23.6. The Bertz CT molecular complexity index is 806. The minimum atomic E-state index is -0.444. The second kappa shape index (κ2) is 12.8. The highest BCUT2D eigenvalue weighted by Gasteiger charge is 2.24. The van der Waals surface area contributed by atoms with Crippen molar-refractivity contribution in [3.05, 3.63) is 48.2 Å². The molecular formula is C26H34N2O2. The molecule has 0 radical (unpaired) electrons. The maximum atomic E-state index is 12.2. The quantitative estimate of drug-likeness (QED) is 0.222. The van der Waals surface area contributed by atoms with Crippen molar-refractivity contribution in [2.75, 3.05) is 0 Å². The summed E-state index contributed by atoms with van der Waals surface area (Å²) in [5.74, 6) is -0.646. The topological polar surface area (TPSA) is 63.0 Å². The number of benzene rings is 1. The fourth-order valence-electron chi connectivity index (χ4n) is 3.48. The van der Waals surface area contributed by atoms with Gasteiger partial charge in [-0.15, -0.1) is 0 Å². The predicted molar refractivity (Wildman–Crippen MR) is 121 cm³/mol. The average molecular weight is 407 g/mol. The zero-order valence-electron chi connectivity index (χ0n) is 18.6. The summed E-state index contributed by atoms with van der Waals surface area (Å²) in [6.45, 7) is 5.88. The lowest BCUT2D eigenvalue weighted by Crippen LogP contribution is -2.24. The van der Waals surface area contributed by atoms with Crippen LogP contribution in [0.2, 0.25) is 0 Å². The second-order valence-corrected chi connectivity index (χ2v) is 7.95. The largest absolute Gasteiger partial charge is 0.426 e.